The fraction of sp³-hybridized carbons (Fsp3) is 0.118. The monoisotopic (exact) mass is 388 g/mol. The molecule has 0 saturated heterocycles. The van der Waals surface area contributed by atoms with E-state index in [0.717, 1.165) is 15.8 Å². The number of nitrogens with zero attached hydrogens (tertiary/aromatic N) is 3. The molecule has 1 N–H and O–H groups in total. The first-order valence-electron chi connectivity index (χ1n) is 7.19. The minimum atomic E-state index is -0.658. The van der Waals surface area contributed by atoms with Crippen molar-refractivity contribution in [2.45, 2.75) is 6.92 Å². The van der Waals surface area contributed by atoms with Crippen LogP contribution in [-0.2, 0) is 7.05 Å². The molecule has 1 amide bonds. The smallest absolute Gasteiger partial charge is 0.262 e. The molecule has 2 heterocycles. The maximum atomic E-state index is 14.1. The average Bonchev–Trinajstić information content (AvgIpc) is 2.80. The van der Waals surface area contributed by atoms with E-state index in [2.05, 4.69) is 31.3 Å². The quantitative estimate of drug-likeness (QED) is 0.691. The Hall–Kier alpha value is -2.54. The van der Waals surface area contributed by atoms with Crippen LogP contribution >= 0.6 is 15.9 Å². The molecule has 122 valence electrons. The maximum Gasteiger partial charge on any atom is 0.262 e. The molecular formula is C17H14BrFN4O. The lowest BCUT2D eigenvalue weighted by Gasteiger charge is -2.11. The van der Waals surface area contributed by atoms with Gasteiger partial charge in [-0.1, -0.05) is 18.2 Å². The first-order valence-corrected chi connectivity index (χ1v) is 7.98. The van der Waals surface area contributed by atoms with Gasteiger partial charge in [-0.05, 0) is 46.6 Å². The standard InChI is InChI=1S/C17H14BrFN4O/c1-10-15(16(19)23(2)22-10)17(24)21-13-6-4-3-5-12(13)11-7-8-20-14(18)9-11/h3-9H,1-2H3,(H,21,24). The third-order valence-corrected chi connectivity index (χ3v) is 4.03. The third kappa shape index (κ3) is 3.07. The van der Waals surface area contributed by atoms with Gasteiger partial charge >= 0.3 is 0 Å². The molecule has 0 radical (unpaired) electrons. The van der Waals surface area contributed by atoms with Gasteiger partial charge in [0.25, 0.3) is 5.91 Å². The summed E-state index contributed by atoms with van der Waals surface area (Å²) >= 11 is 3.33. The number of amides is 1. The van der Waals surface area contributed by atoms with E-state index >= 15 is 0 Å². The molecule has 2 aromatic heterocycles. The predicted octanol–water partition coefficient (Wildman–Crippen LogP) is 3.94. The number of carbonyl (C=O) groups excluding carboxylic acids is 1. The number of hydrogen-bond acceptors (Lipinski definition) is 3. The summed E-state index contributed by atoms with van der Waals surface area (Å²) in [6.07, 6.45) is 1.67. The van der Waals surface area contributed by atoms with Gasteiger partial charge < -0.3 is 5.32 Å². The molecule has 0 unspecified atom stereocenters. The van der Waals surface area contributed by atoms with Crippen molar-refractivity contribution >= 4 is 27.5 Å². The Labute approximate surface area is 146 Å². The number of pyridine rings is 1. The van der Waals surface area contributed by atoms with Crippen molar-refractivity contribution in [3.05, 3.63) is 64.4 Å². The molecular weight excluding hydrogens is 375 g/mol. The number of aromatic nitrogens is 3. The van der Waals surface area contributed by atoms with Gasteiger partial charge in [0.1, 0.15) is 10.2 Å². The molecule has 0 fully saturated rings. The van der Waals surface area contributed by atoms with Crippen LogP contribution < -0.4 is 5.32 Å². The van der Waals surface area contributed by atoms with Crippen LogP contribution in [0.3, 0.4) is 0 Å². The van der Waals surface area contributed by atoms with Gasteiger partial charge in [0.15, 0.2) is 0 Å². The summed E-state index contributed by atoms with van der Waals surface area (Å²) in [5.74, 6) is -1.19. The van der Waals surface area contributed by atoms with Crippen LogP contribution in [0.2, 0.25) is 0 Å². The maximum absolute atomic E-state index is 14.1. The Balaban J connectivity index is 1.98. The number of rotatable bonds is 3. The summed E-state index contributed by atoms with van der Waals surface area (Å²) in [5.41, 5.74) is 2.58. The summed E-state index contributed by atoms with van der Waals surface area (Å²) in [6.45, 7) is 1.60. The number of halogens is 2. The molecule has 0 aliphatic rings. The highest BCUT2D eigenvalue weighted by molar-refractivity contribution is 9.10. The second-order valence-corrected chi connectivity index (χ2v) is 6.05. The number of benzene rings is 1. The molecule has 0 bridgehead atoms. The summed E-state index contributed by atoms with van der Waals surface area (Å²) in [6, 6.07) is 11.0. The highest BCUT2D eigenvalue weighted by Crippen LogP contribution is 2.29. The van der Waals surface area contributed by atoms with Gasteiger partial charge in [0.05, 0.1) is 5.69 Å². The van der Waals surface area contributed by atoms with Gasteiger partial charge in [-0.15, -0.1) is 0 Å². The second kappa shape index (κ2) is 6.52. The van der Waals surface area contributed by atoms with Crippen LogP contribution in [0.1, 0.15) is 16.1 Å². The molecule has 0 aliphatic carbocycles. The number of hydrogen-bond donors (Lipinski definition) is 1. The predicted molar refractivity (Wildman–Crippen MR) is 93.2 cm³/mol. The molecule has 0 atom stereocenters. The zero-order valence-electron chi connectivity index (χ0n) is 13.0. The number of carbonyl (C=O) groups is 1. The van der Waals surface area contributed by atoms with Gasteiger partial charge in [0.2, 0.25) is 5.95 Å². The molecule has 7 heteroatoms. The Bertz CT molecular complexity index is 923. The lowest BCUT2D eigenvalue weighted by molar-refractivity contribution is 0.102. The molecule has 3 aromatic rings. The normalized spacial score (nSPS) is 10.7. The van der Waals surface area contributed by atoms with Crippen molar-refractivity contribution in [2.24, 2.45) is 7.05 Å². The fourth-order valence-electron chi connectivity index (χ4n) is 2.49. The van der Waals surface area contributed by atoms with Crippen molar-refractivity contribution in [2.75, 3.05) is 5.32 Å². The van der Waals surface area contributed by atoms with Crippen LogP contribution in [0.25, 0.3) is 11.1 Å². The fourth-order valence-corrected chi connectivity index (χ4v) is 2.85. The van der Waals surface area contributed by atoms with Crippen molar-refractivity contribution in [1.82, 2.24) is 14.8 Å². The molecule has 5 nitrogen and oxygen atoms in total. The Morgan fingerprint density at radius 1 is 1.29 bits per heavy atom. The van der Waals surface area contributed by atoms with E-state index in [0.29, 0.717) is 16.0 Å². The van der Waals surface area contributed by atoms with Crippen molar-refractivity contribution in [3.8, 4) is 11.1 Å². The average molecular weight is 389 g/mol. The van der Waals surface area contributed by atoms with Crippen molar-refractivity contribution in [3.63, 3.8) is 0 Å². The molecule has 0 aliphatic heterocycles. The summed E-state index contributed by atoms with van der Waals surface area (Å²) in [7, 11) is 1.46. The molecule has 3 rings (SSSR count). The van der Waals surface area contributed by atoms with Gasteiger partial charge in [-0.2, -0.15) is 9.49 Å². The third-order valence-electron chi connectivity index (χ3n) is 3.59. The lowest BCUT2D eigenvalue weighted by atomic mass is 10.0. The number of anilines is 1. The summed E-state index contributed by atoms with van der Waals surface area (Å²) in [5, 5.41) is 6.70. The first-order chi connectivity index (χ1) is 11.5. The van der Waals surface area contributed by atoms with E-state index in [1.807, 2.05) is 30.3 Å². The van der Waals surface area contributed by atoms with Crippen LogP contribution in [0.5, 0.6) is 0 Å². The van der Waals surface area contributed by atoms with E-state index < -0.39 is 11.9 Å². The SMILES string of the molecule is Cc1nn(C)c(F)c1C(=O)Nc1ccccc1-c1ccnc(Br)c1. The van der Waals surface area contributed by atoms with E-state index in [1.165, 1.54) is 7.05 Å². The van der Waals surface area contributed by atoms with E-state index in [-0.39, 0.29) is 5.56 Å². The highest BCUT2D eigenvalue weighted by Gasteiger charge is 2.21. The first kappa shape index (κ1) is 16.3. The van der Waals surface area contributed by atoms with Gasteiger partial charge in [0, 0.05) is 24.5 Å². The van der Waals surface area contributed by atoms with Gasteiger partial charge in [-0.3, -0.25) is 4.79 Å². The van der Waals surface area contributed by atoms with Crippen LogP contribution in [0.4, 0.5) is 10.1 Å². The number of para-hydroxylation sites is 1. The minimum Gasteiger partial charge on any atom is -0.321 e. The molecule has 0 saturated carbocycles. The van der Waals surface area contributed by atoms with Crippen LogP contribution in [0, 0.1) is 12.9 Å². The largest absolute Gasteiger partial charge is 0.321 e. The summed E-state index contributed by atoms with van der Waals surface area (Å²) in [4.78, 5) is 16.6. The zero-order valence-corrected chi connectivity index (χ0v) is 14.6. The zero-order chi connectivity index (χ0) is 17.3. The van der Waals surface area contributed by atoms with E-state index in [1.54, 1.807) is 19.2 Å². The van der Waals surface area contributed by atoms with E-state index in [4.69, 9.17) is 0 Å². The highest BCUT2D eigenvalue weighted by atomic mass is 79.9. The van der Waals surface area contributed by atoms with Crippen LogP contribution in [0.15, 0.2) is 47.2 Å². The summed E-state index contributed by atoms with van der Waals surface area (Å²) < 4.78 is 15.8. The Morgan fingerprint density at radius 2 is 2.04 bits per heavy atom. The lowest BCUT2D eigenvalue weighted by Crippen LogP contribution is -2.15. The van der Waals surface area contributed by atoms with Crippen molar-refractivity contribution < 1.29 is 9.18 Å². The van der Waals surface area contributed by atoms with Gasteiger partial charge in [-0.25, -0.2) is 9.67 Å². The van der Waals surface area contributed by atoms with Crippen LogP contribution in [-0.4, -0.2) is 20.7 Å². The topological polar surface area (TPSA) is 59.8 Å². The van der Waals surface area contributed by atoms with E-state index in [9.17, 15) is 9.18 Å². The number of nitrogens with one attached hydrogen (secondary N) is 1. The Morgan fingerprint density at radius 3 is 2.71 bits per heavy atom. The molecule has 0 spiro atoms. The minimum absolute atomic E-state index is 0.0526. The molecule has 24 heavy (non-hydrogen) atoms. The second-order valence-electron chi connectivity index (χ2n) is 5.24. The number of aryl methyl sites for hydroxylation is 2. The Kier molecular flexibility index (Phi) is 4.44. The van der Waals surface area contributed by atoms with Crippen molar-refractivity contribution in [1.29, 1.82) is 0 Å². The molecule has 1 aromatic carbocycles.